The van der Waals surface area contributed by atoms with Crippen LogP contribution in [-0.4, -0.2) is 104 Å². The summed E-state index contributed by atoms with van der Waals surface area (Å²) in [5.74, 6) is 1.31. The summed E-state index contributed by atoms with van der Waals surface area (Å²) >= 11 is 0. The molecular formula is C57H77N3O10Si2. The van der Waals surface area contributed by atoms with Gasteiger partial charge in [0.1, 0.15) is 6.73 Å². The minimum Gasteiger partial charge on any atom is -0.493 e. The van der Waals surface area contributed by atoms with E-state index in [2.05, 4.69) is 45.4 Å². The predicted molar refractivity (Wildman–Crippen MR) is 288 cm³/mol. The van der Waals surface area contributed by atoms with Crippen molar-refractivity contribution in [1.82, 2.24) is 4.90 Å². The highest BCUT2D eigenvalue weighted by Gasteiger charge is 2.43. The van der Waals surface area contributed by atoms with Gasteiger partial charge in [0.25, 0.3) is 5.91 Å². The van der Waals surface area contributed by atoms with Crippen LogP contribution in [-0.2, 0) is 19.1 Å². The summed E-state index contributed by atoms with van der Waals surface area (Å²) in [6, 6.07) is 16.4. The fraction of sp³-hybridized carbons (Fsp3) is 0.544. The number of ketones is 2. The molecule has 1 saturated carbocycles. The van der Waals surface area contributed by atoms with Gasteiger partial charge in [-0.2, -0.15) is 0 Å². The van der Waals surface area contributed by atoms with Crippen molar-refractivity contribution in [1.29, 1.82) is 0 Å². The van der Waals surface area contributed by atoms with Crippen LogP contribution in [0.1, 0.15) is 102 Å². The normalized spacial score (nSPS) is 21.5. The number of amides is 2. The van der Waals surface area contributed by atoms with Crippen LogP contribution in [0.15, 0.2) is 66.4 Å². The van der Waals surface area contributed by atoms with Gasteiger partial charge in [-0.15, -0.1) is 0 Å². The molecule has 0 radical (unpaired) electrons. The Morgan fingerprint density at radius 1 is 0.694 bits per heavy atom. The molecule has 0 aromatic heterocycles. The number of nitrogens with two attached hydrogens (primary N) is 1. The number of nitrogens with zero attached hydrogens (tertiary/aromatic N) is 2. The monoisotopic (exact) mass is 1020 g/mol. The molecule has 0 spiro atoms. The molecule has 72 heavy (non-hydrogen) atoms. The minimum absolute atomic E-state index is 0.00254. The Hall–Kier alpha value is -5.23. The number of allylic oxidation sites excluding steroid dienone is 2. The predicted octanol–water partition coefficient (Wildman–Crippen LogP) is 11.2. The third-order valence-corrected chi connectivity index (χ3v) is 18.4. The summed E-state index contributed by atoms with van der Waals surface area (Å²) < 4.78 is 37.1. The van der Waals surface area contributed by atoms with Gasteiger partial charge in [0.2, 0.25) is 5.91 Å². The fourth-order valence-corrected chi connectivity index (χ4v) is 11.9. The molecule has 0 bridgehead atoms. The summed E-state index contributed by atoms with van der Waals surface area (Å²) in [7, 11) is 0.396. The van der Waals surface area contributed by atoms with Crippen molar-refractivity contribution in [3.8, 4) is 23.0 Å². The van der Waals surface area contributed by atoms with E-state index in [1.807, 2.05) is 36.5 Å². The van der Waals surface area contributed by atoms with Crippen molar-refractivity contribution >= 4 is 56.5 Å². The second-order valence-corrected chi connectivity index (χ2v) is 34.1. The van der Waals surface area contributed by atoms with E-state index in [-0.39, 0.29) is 67.5 Å². The molecule has 2 amide bonds. The molecule has 3 aromatic rings. The van der Waals surface area contributed by atoms with Crippen LogP contribution >= 0.6 is 0 Å². The largest absolute Gasteiger partial charge is 0.493 e. The van der Waals surface area contributed by atoms with Crippen LogP contribution in [0.2, 0.25) is 51.4 Å². The Labute approximate surface area is 428 Å². The summed E-state index contributed by atoms with van der Waals surface area (Å²) in [5.41, 5.74) is 12.2. The molecule has 1 fully saturated rings. The zero-order valence-corrected chi connectivity index (χ0v) is 45.9. The number of carbonyl (C=O) groups excluding carboxylic acids is 4. The lowest BCUT2D eigenvalue weighted by Crippen LogP contribution is -2.40. The molecule has 3 heterocycles. The van der Waals surface area contributed by atoms with Crippen molar-refractivity contribution in [2.45, 2.75) is 128 Å². The first-order valence-corrected chi connectivity index (χ1v) is 33.6. The fourth-order valence-electron chi connectivity index (χ4n) is 10.4. The SMILES string of the molecule is COc1cc2c(cc1OCCCOc1cc3c(cc1OC)C(=O)CCC1C=C(c4ccc(N)cc4)C[C@H]1C(=O)N3COCC[Si](C)(C)C)C(CCOCC[Si](C)(C)C)CCC(=O)[C@@H]1CC(C3CC3)=CN1C2=O. The summed E-state index contributed by atoms with van der Waals surface area (Å²) in [6.07, 6.45) is 10.4. The maximum Gasteiger partial charge on any atom is 0.258 e. The molecule has 5 aliphatic rings. The molecule has 15 heteroatoms. The number of hydrogen-bond acceptors (Lipinski definition) is 11. The number of methoxy groups -OCH3 is 2. The first-order chi connectivity index (χ1) is 34.4. The number of anilines is 2. The molecule has 0 saturated heterocycles. The summed E-state index contributed by atoms with van der Waals surface area (Å²) in [4.78, 5) is 60.9. The highest BCUT2D eigenvalue weighted by atomic mass is 28.3. The van der Waals surface area contributed by atoms with Gasteiger partial charge in [-0.3, -0.25) is 24.1 Å². The van der Waals surface area contributed by atoms with Gasteiger partial charge in [0.05, 0.1) is 39.2 Å². The molecule has 2 unspecified atom stereocenters. The number of fused-ring (bicyclic) bond motifs is 4. The number of Topliss-reactive ketones (excluding diaryl/α,β-unsaturated/α-hetero) is 2. The zero-order valence-electron chi connectivity index (χ0n) is 43.9. The Kier molecular flexibility index (Phi) is 16.9. The third-order valence-electron chi connectivity index (χ3n) is 15.0. The lowest BCUT2D eigenvalue weighted by molar-refractivity contribution is -0.124. The maximum absolute atomic E-state index is 14.9. The molecule has 388 valence electrons. The smallest absolute Gasteiger partial charge is 0.258 e. The van der Waals surface area contributed by atoms with Crippen molar-refractivity contribution in [3.63, 3.8) is 0 Å². The maximum atomic E-state index is 14.9. The average molecular weight is 1020 g/mol. The van der Waals surface area contributed by atoms with Gasteiger partial charge in [-0.05, 0) is 127 Å². The molecule has 3 aliphatic heterocycles. The van der Waals surface area contributed by atoms with Gasteiger partial charge >= 0.3 is 0 Å². The van der Waals surface area contributed by atoms with Gasteiger partial charge in [0, 0.05) is 90.2 Å². The second kappa shape index (κ2) is 22.9. The number of hydrogen-bond donors (Lipinski definition) is 1. The second-order valence-electron chi connectivity index (χ2n) is 22.8. The van der Waals surface area contributed by atoms with E-state index in [4.69, 9.17) is 34.2 Å². The summed E-state index contributed by atoms with van der Waals surface area (Å²) in [5, 5.41) is 0. The Morgan fingerprint density at radius 3 is 2.00 bits per heavy atom. The molecule has 2 N–H and O–H groups in total. The van der Waals surface area contributed by atoms with Crippen molar-refractivity contribution in [2.75, 3.05) is 64.6 Å². The zero-order chi connectivity index (χ0) is 51.3. The highest BCUT2D eigenvalue weighted by molar-refractivity contribution is 6.76. The number of ether oxygens (including phenoxy) is 6. The van der Waals surface area contributed by atoms with E-state index >= 15 is 0 Å². The van der Waals surface area contributed by atoms with E-state index in [0.29, 0.717) is 116 Å². The topological polar surface area (TPSA) is 156 Å². The van der Waals surface area contributed by atoms with E-state index < -0.39 is 22.2 Å². The van der Waals surface area contributed by atoms with Crippen LogP contribution < -0.4 is 29.6 Å². The minimum atomic E-state index is -1.44. The highest BCUT2D eigenvalue weighted by Crippen LogP contribution is 2.47. The lowest BCUT2D eigenvalue weighted by atomic mass is 9.86. The van der Waals surface area contributed by atoms with Crippen molar-refractivity contribution < 1.29 is 47.6 Å². The first-order valence-electron chi connectivity index (χ1n) is 26.2. The van der Waals surface area contributed by atoms with Gasteiger partial charge < -0.3 is 39.1 Å². The van der Waals surface area contributed by atoms with E-state index in [9.17, 15) is 19.2 Å². The molecule has 13 nitrogen and oxygen atoms in total. The average Bonchev–Trinajstić information content (AvgIpc) is 3.94. The number of rotatable bonds is 21. The standard InChI is InChI=1S/C57H77N3O10Si2/c1-65-52-32-46-44(39(20-23-67-24-26-71(3,4)5)14-19-51(62)49-30-42(38-10-11-38)35-59(49)57(46)64)31-54(52)69-21-9-22-70-55-34-48-47(33-53(55)66-2)50(61)18-15-40-28-41(37-12-16-43(58)17-13-37)29-45(40)56(63)60(48)36-68-25-27-72(6,7)8/h12-13,16-17,28,31-35,38-40,45,49H,9-11,14-15,18-27,29-30,36,58H2,1-8H3/t39?,40?,45-,49+/m1/s1. The molecule has 3 aromatic carbocycles. The van der Waals surface area contributed by atoms with Gasteiger partial charge in [0.15, 0.2) is 34.6 Å². The Bertz CT molecular complexity index is 2540. The van der Waals surface area contributed by atoms with Crippen LogP contribution in [0.3, 0.4) is 0 Å². The van der Waals surface area contributed by atoms with Crippen molar-refractivity contribution in [3.05, 3.63) is 88.6 Å². The lowest BCUT2D eigenvalue weighted by Gasteiger charge is -2.29. The molecule has 2 aliphatic carbocycles. The van der Waals surface area contributed by atoms with Gasteiger partial charge in [-0.1, -0.05) is 57.5 Å². The van der Waals surface area contributed by atoms with Crippen LogP contribution in [0.25, 0.3) is 5.57 Å². The number of carbonyl (C=O) groups is 4. The first kappa shape index (κ1) is 53.1. The molecular weight excluding hydrogens is 943 g/mol. The molecule has 4 atom stereocenters. The molecule has 8 rings (SSSR count). The van der Waals surface area contributed by atoms with Crippen LogP contribution in [0, 0.1) is 17.8 Å². The van der Waals surface area contributed by atoms with Crippen LogP contribution in [0.5, 0.6) is 23.0 Å². The Morgan fingerprint density at radius 2 is 1.35 bits per heavy atom. The quantitative estimate of drug-likeness (QED) is 0.0615. The van der Waals surface area contributed by atoms with Gasteiger partial charge in [-0.25, -0.2) is 0 Å². The number of benzene rings is 3. The van der Waals surface area contributed by atoms with E-state index in [1.165, 1.54) is 5.57 Å². The summed E-state index contributed by atoms with van der Waals surface area (Å²) in [6.45, 7) is 16.1. The van der Waals surface area contributed by atoms with E-state index in [0.717, 1.165) is 41.6 Å². The Balaban J connectivity index is 1.01. The van der Waals surface area contributed by atoms with E-state index in [1.54, 1.807) is 42.2 Å². The number of nitrogen functional groups attached to an aromatic ring is 1. The van der Waals surface area contributed by atoms with Crippen molar-refractivity contribution in [2.24, 2.45) is 17.8 Å². The van der Waals surface area contributed by atoms with Crippen LogP contribution in [0.4, 0.5) is 11.4 Å². The third kappa shape index (κ3) is 12.9.